The zero-order chi connectivity index (χ0) is 19.9. The Morgan fingerprint density at radius 3 is 2.43 bits per heavy atom. The van der Waals surface area contributed by atoms with E-state index < -0.39 is 0 Å². The number of aromatic nitrogens is 2. The highest BCUT2D eigenvalue weighted by atomic mass is 16.5. The summed E-state index contributed by atoms with van der Waals surface area (Å²) in [6.45, 7) is 4.60. The van der Waals surface area contributed by atoms with E-state index in [0.717, 1.165) is 29.0 Å². The van der Waals surface area contributed by atoms with Crippen molar-refractivity contribution in [3.8, 4) is 5.75 Å². The molecule has 1 aromatic heterocycles. The number of para-hydroxylation sites is 1. The zero-order valence-electron chi connectivity index (χ0n) is 16.3. The molecule has 2 aromatic carbocycles. The molecule has 0 spiro atoms. The number of rotatable bonds is 7. The lowest BCUT2D eigenvalue weighted by molar-refractivity contribution is 0.102. The Labute approximate surface area is 165 Å². The van der Waals surface area contributed by atoms with Crippen molar-refractivity contribution in [3.63, 3.8) is 0 Å². The highest BCUT2D eigenvalue weighted by molar-refractivity contribution is 6.03. The van der Waals surface area contributed by atoms with Crippen LogP contribution >= 0.6 is 0 Å². The fourth-order valence-electron chi connectivity index (χ4n) is 2.87. The second kappa shape index (κ2) is 8.99. The Kier molecular flexibility index (Phi) is 6.22. The van der Waals surface area contributed by atoms with Crippen molar-refractivity contribution >= 4 is 17.5 Å². The average Bonchev–Trinajstić information content (AvgIpc) is 2.71. The smallest absolute Gasteiger partial charge is 0.274 e. The summed E-state index contributed by atoms with van der Waals surface area (Å²) in [5, 5.41) is 6.12. The predicted octanol–water partition coefficient (Wildman–Crippen LogP) is 4.01. The summed E-state index contributed by atoms with van der Waals surface area (Å²) in [5.74, 6) is 1.02. The van der Waals surface area contributed by atoms with Gasteiger partial charge in [-0.15, -0.1) is 0 Å². The number of amides is 1. The Hall–Kier alpha value is -3.41. The van der Waals surface area contributed by atoms with Gasteiger partial charge in [0.2, 0.25) is 5.95 Å². The first kappa shape index (κ1) is 19.4. The minimum atomic E-state index is -0.252. The molecule has 0 saturated heterocycles. The molecule has 0 fully saturated rings. The van der Waals surface area contributed by atoms with Gasteiger partial charge in [-0.1, -0.05) is 30.3 Å². The third-order valence-corrected chi connectivity index (χ3v) is 4.46. The Balaban J connectivity index is 1.60. The van der Waals surface area contributed by atoms with E-state index in [0.29, 0.717) is 18.2 Å². The zero-order valence-corrected chi connectivity index (χ0v) is 16.3. The van der Waals surface area contributed by atoms with Crippen LogP contribution in [0.25, 0.3) is 0 Å². The highest BCUT2D eigenvalue weighted by Crippen LogP contribution is 2.20. The maximum absolute atomic E-state index is 12.6. The second-order valence-corrected chi connectivity index (χ2v) is 6.51. The number of nitrogens with one attached hydrogen (secondary N) is 2. The normalized spacial score (nSPS) is 10.4. The van der Waals surface area contributed by atoms with Crippen LogP contribution in [0.1, 0.15) is 27.2 Å². The summed E-state index contributed by atoms with van der Waals surface area (Å²) in [5.41, 5.74) is 4.35. The first-order valence-electron chi connectivity index (χ1n) is 9.14. The molecular weight excluding hydrogens is 352 g/mol. The van der Waals surface area contributed by atoms with E-state index in [1.807, 2.05) is 56.3 Å². The third-order valence-electron chi connectivity index (χ3n) is 4.46. The van der Waals surface area contributed by atoms with Gasteiger partial charge in [0.1, 0.15) is 11.4 Å². The monoisotopic (exact) mass is 376 g/mol. The minimum Gasteiger partial charge on any atom is -0.497 e. The highest BCUT2D eigenvalue weighted by Gasteiger charge is 2.12. The fourth-order valence-corrected chi connectivity index (χ4v) is 2.87. The van der Waals surface area contributed by atoms with E-state index >= 15 is 0 Å². The van der Waals surface area contributed by atoms with Crippen LogP contribution in [0.4, 0.5) is 11.6 Å². The second-order valence-electron chi connectivity index (χ2n) is 6.51. The largest absolute Gasteiger partial charge is 0.497 e. The molecule has 3 aromatic rings. The third kappa shape index (κ3) is 4.85. The van der Waals surface area contributed by atoms with Gasteiger partial charge in [-0.3, -0.25) is 4.79 Å². The Morgan fingerprint density at radius 2 is 1.75 bits per heavy atom. The number of aryl methyl sites for hydroxylation is 2. The number of nitrogens with zero attached hydrogens (tertiary/aromatic N) is 2. The van der Waals surface area contributed by atoms with Gasteiger partial charge in [0.15, 0.2) is 0 Å². The van der Waals surface area contributed by atoms with Crippen LogP contribution in [0.15, 0.2) is 54.7 Å². The van der Waals surface area contributed by atoms with E-state index in [-0.39, 0.29) is 5.91 Å². The number of methoxy groups -OCH3 is 1. The van der Waals surface area contributed by atoms with E-state index in [4.69, 9.17) is 4.74 Å². The van der Waals surface area contributed by atoms with E-state index in [1.165, 1.54) is 5.56 Å². The average molecular weight is 376 g/mol. The number of anilines is 2. The first-order chi connectivity index (χ1) is 13.6. The van der Waals surface area contributed by atoms with Gasteiger partial charge in [0.25, 0.3) is 5.91 Å². The van der Waals surface area contributed by atoms with Gasteiger partial charge in [0, 0.05) is 18.4 Å². The predicted molar refractivity (Wildman–Crippen MR) is 111 cm³/mol. The van der Waals surface area contributed by atoms with Crippen molar-refractivity contribution in [2.45, 2.75) is 20.3 Å². The number of ether oxygens (including phenoxy) is 1. The van der Waals surface area contributed by atoms with Crippen molar-refractivity contribution in [1.29, 1.82) is 0 Å². The lowest BCUT2D eigenvalue weighted by atomic mass is 10.1. The van der Waals surface area contributed by atoms with Gasteiger partial charge >= 0.3 is 0 Å². The van der Waals surface area contributed by atoms with Gasteiger partial charge in [0.05, 0.1) is 7.11 Å². The Morgan fingerprint density at radius 1 is 1.04 bits per heavy atom. The fraction of sp³-hybridized carbons (Fsp3) is 0.227. The van der Waals surface area contributed by atoms with Crippen LogP contribution in [0.3, 0.4) is 0 Å². The summed E-state index contributed by atoms with van der Waals surface area (Å²) in [4.78, 5) is 21.1. The topological polar surface area (TPSA) is 76.1 Å². The molecule has 0 atom stereocenters. The van der Waals surface area contributed by atoms with Crippen LogP contribution in [-0.4, -0.2) is 29.5 Å². The van der Waals surface area contributed by atoms with Crippen molar-refractivity contribution < 1.29 is 9.53 Å². The van der Waals surface area contributed by atoms with Crippen LogP contribution in [0.2, 0.25) is 0 Å². The van der Waals surface area contributed by atoms with E-state index in [2.05, 4.69) is 20.6 Å². The summed E-state index contributed by atoms with van der Waals surface area (Å²) in [7, 11) is 1.65. The maximum Gasteiger partial charge on any atom is 0.274 e. The molecule has 0 aliphatic heterocycles. The van der Waals surface area contributed by atoms with Crippen molar-refractivity contribution in [2.75, 3.05) is 24.3 Å². The molecule has 0 aliphatic carbocycles. The SMILES string of the molecule is COc1ccc(CCNc2nccc(C(=O)Nc3c(C)cccc3C)n2)cc1. The number of hydrogen-bond donors (Lipinski definition) is 2. The summed E-state index contributed by atoms with van der Waals surface area (Å²) >= 11 is 0. The van der Waals surface area contributed by atoms with Crippen molar-refractivity contribution in [3.05, 3.63) is 77.1 Å². The number of carbonyl (C=O) groups is 1. The summed E-state index contributed by atoms with van der Waals surface area (Å²) in [6, 6.07) is 15.4. The first-order valence-corrected chi connectivity index (χ1v) is 9.14. The molecule has 0 saturated carbocycles. The van der Waals surface area contributed by atoms with Gasteiger partial charge in [-0.25, -0.2) is 9.97 Å². The number of carbonyl (C=O) groups excluding carboxylic acids is 1. The van der Waals surface area contributed by atoms with Crippen LogP contribution in [0, 0.1) is 13.8 Å². The quantitative estimate of drug-likeness (QED) is 0.652. The van der Waals surface area contributed by atoms with Gasteiger partial charge in [-0.2, -0.15) is 0 Å². The van der Waals surface area contributed by atoms with E-state index in [1.54, 1.807) is 19.4 Å². The molecular formula is C22H24N4O2. The van der Waals surface area contributed by atoms with Crippen LogP contribution < -0.4 is 15.4 Å². The lowest BCUT2D eigenvalue weighted by Crippen LogP contribution is -2.17. The molecule has 1 amide bonds. The molecule has 3 rings (SSSR count). The molecule has 144 valence electrons. The van der Waals surface area contributed by atoms with Gasteiger partial charge < -0.3 is 15.4 Å². The van der Waals surface area contributed by atoms with Crippen LogP contribution in [0.5, 0.6) is 5.75 Å². The molecule has 0 bridgehead atoms. The summed E-state index contributed by atoms with van der Waals surface area (Å²) in [6.07, 6.45) is 2.40. The molecule has 0 aliphatic rings. The van der Waals surface area contributed by atoms with Crippen molar-refractivity contribution in [2.24, 2.45) is 0 Å². The minimum absolute atomic E-state index is 0.252. The molecule has 1 heterocycles. The number of benzene rings is 2. The molecule has 2 N–H and O–H groups in total. The molecule has 6 nitrogen and oxygen atoms in total. The summed E-state index contributed by atoms with van der Waals surface area (Å²) < 4.78 is 5.16. The number of hydrogen-bond acceptors (Lipinski definition) is 5. The standard InChI is InChI=1S/C22H24N4O2/c1-15-5-4-6-16(2)20(15)26-21(27)19-12-14-24-22(25-19)23-13-11-17-7-9-18(28-3)10-8-17/h4-10,12,14H,11,13H2,1-3H3,(H,26,27)(H,23,24,25). The van der Waals surface area contributed by atoms with E-state index in [9.17, 15) is 4.79 Å². The van der Waals surface area contributed by atoms with Crippen LogP contribution in [-0.2, 0) is 6.42 Å². The molecule has 28 heavy (non-hydrogen) atoms. The molecule has 6 heteroatoms. The lowest BCUT2D eigenvalue weighted by Gasteiger charge is -2.11. The van der Waals surface area contributed by atoms with Gasteiger partial charge in [-0.05, 0) is 55.2 Å². The Bertz CT molecular complexity index is 935. The molecule has 0 radical (unpaired) electrons. The molecule has 0 unspecified atom stereocenters. The van der Waals surface area contributed by atoms with Crippen molar-refractivity contribution in [1.82, 2.24) is 9.97 Å². The maximum atomic E-state index is 12.6.